The van der Waals surface area contributed by atoms with Gasteiger partial charge in [0, 0.05) is 22.0 Å². The van der Waals surface area contributed by atoms with Crippen LogP contribution in [0.2, 0.25) is 5.02 Å². The van der Waals surface area contributed by atoms with Crippen LogP contribution >= 0.6 is 23.8 Å². The Morgan fingerprint density at radius 1 is 1.09 bits per heavy atom. The minimum absolute atomic E-state index is 0.224. The highest BCUT2D eigenvalue weighted by Gasteiger charge is 2.59. The van der Waals surface area contributed by atoms with Crippen LogP contribution in [0.3, 0.4) is 0 Å². The van der Waals surface area contributed by atoms with Gasteiger partial charge in [0.1, 0.15) is 23.2 Å². The zero-order valence-corrected chi connectivity index (χ0v) is 20.9. The lowest BCUT2D eigenvalue weighted by molar-refractivity contribution is -0.130. The molecular weight excluding hydrogens is 486 g/mol. The van der Waals surface area contributed by atoms with Gasteiger partial charge in [-0.05, 0) is 79.8 Å². The molecule has 1 fully saturated rings. The molecule has 1 saturated heterocycles. The van der Waals surface area contributed by atoms with Gasteiger partial charge in [-0.3, -0.25) is 9.69 Å². The van der Waals surface area contributed by atoms with E-state index in [9.17, 15) is 4.79 Å². The van der Waals surface area contributed by atoms with E-state index in [1.165, 1.54) is 0 Å². The first kappa shape index (κ1) is 23.3. The van der Waals surface area contributed by atoms with Gasteiger partial charge < -0.3 is 24.8 Å². The van der Waals surface area contributed by atoms with Gasteiger partial charge in [-0.15, -0.1) is 0 Å². The minimum Gasteiger partial charge on any atom is -0.497 e. The number of carbonyl (C=O) groups is 1. The number of benzene rings is 3. The van der Waals surface area contributed by atoms with Crippen molar-refractivity contribution in [3.8, 4) is 17.2 Å². The van der Waals surface area contributed by atoms with Gasteiger partial charge in [-0.1, -0.05) is 17.7 Å². The maximum Gasteiger partial charge on any atom is 0.236 e. The van der Waals surface area contributed by atoms with E-state index in [4.69, 9.17) is 38.0 Å². The molecule has 180 valence electrons. The van der Waals surface area contributed by atoms with Crippen molar-refractivity contribution in [1.82, 2.24) is 5.32 Å². The van der Waals surface area contributed by atoms with Gasteiger partial charge in [0.05, 0.1) is 20.3 Å². The molecule has 2 aliphatic rings. The number of fused-ring (bicyclic) bond motifs is 4. The fourth-order valence-corrected chi connectivity index (χ4v) is 5.39. The van der Waals surface area contributed by atoms with Crippen molar-refractivity contribution >= 4 is 46.2 Å². The van der Waals surface area contributed by atoms with E-state index < -0.39 is 17.7 Å². The van der Waals surface area contributed by atoms with Gasteiger partial charge in [0.15, 0.2) is 10.8 Å². The third-order valence-corrected chi connectivity index (χ3v) is 6.95. The van der Waals surface area contributed by atoms with Crippen LogP contribution in [-0.4, -0.2) is 31.0 Å². The molecule has 0 saturated carbocycles. The third kappa shape index (κ3) is 4.02. The molecule has 5 rings (SSSR count). The third-order valence-electron chi connectivity index (χ3n) is 6.41. The van der Waals surface area contributed by atoms with Gasteiger partial charge in [0.25, 0.3) is 0 Å². The van der Waals surface area contributed by atoms with Crippen LogP contribution in [0.5, 0.6) is 17.2 Å². The summed E-state index contributed by atoms with van der Waals surface area (Å²) >= 11 is 12.1. The number of ether oxygens (including phenoxy) is 3. The minimum atomic E-state index is -1.14. The lowest BCUT2D eigenvalue weighted by Crippen LogP contribution is -2.72. The number of rotatable bonds is 5. The first-order valence-electron chi connectivity index (χ1n) is 11.0. The highest BCUT2D eigenvalue weighted by molar-refractivity contribution is 7.80. The number of anilines is 2. The molecule has 0 aliphatic carbocycles. The molecule has 0 unspecified atom stereocenters. The highest BCUT2D eigenvalue weighted by atomic mass is 35.5. The van der Waals surface area contributed by atoms with Crippen molar-refractivity contribution in [3.63, 3.8) is 0 Å². The van der Waals surface area contributed by atoms with E-state index in [-0.39, 0.29) is 5.91 Å². The number of nitrogens with one attached hydrogen (secondary N) is 2. The molecule has 3 aromatic carbocycles. The summed E-state index contributed by atoms with van der Waals surface area (Å²) in [5, 5.41) is 7.40. The second-order valence-corrected chi connectivity index (χ2v) is 9.32. The Kier molecular flexibility index (Phi) is 5.94. The largest absolute Gasteiger partial charge is 0.497 e. The Hall–Kier alpha value is -3.49. The first-order valence-corrected chi connectivity index (χ1v) is 11.8. The standard InChI is InChI=1S/C26H24ClN3O4S/c1-26-22(24(31)28-16-7-9-18(32-2)10-8-16)23(20-14-19(33-3)11-12-21(20)34-26)29-25(35)30(26)17-6-4-5-15(27)13-17/h4-14,22-23H,1-3H3,(H,28,31)(H,29,35)/t22-,23-,26-/m0/s1. The monoisotopic (exact) mass is 509 g/mol. The number of hydrogen-bond donors (Lipinski definition) is 2. The number of hydrogen-bond acceptors (Lipinski definition) is 5. The molecule has 2 aliphatic heterocycles. The summed E-state index contributed by atoms with van der Waals surface area (Å²) in [7, 11) is 3.20. The molecule has 0 radical (unpaired) electrons. The average Bonchev–Trinajstić information content (AvgIpc) is 2.83. The molecule has 2 N–H and O–H groups in total. The summed E-state index contributed by atoms with van der Waals surface area (Å²) in [6.07, 6.45) is 0. The van der Waals surface area contributed by atoms with Gasteiger partial charge >= 0.3 is 0 Å². The molecule has 2 heterocycles. The predicted octanol–water partition coefficient (Wildman–Crippen LogP) is 5.16. The van der Waals surface area contributed by atoms with Gasteiger partial charge in [-0.25, -0.2) is 0 Å². The Balaban J connectivity index is 1.60. The fraction of sp³-hybridized carbons (Fsp3) is 0.231. The second kappa shape index (κ2) is 8.94. The average molecular weight is 510 g/mol. The van der Waals surface area contributed by atoms with Crippen molar-refractivity contribution in [2.45, 2.75) is 18.7 Å². The van der Waals surface area contributed by atoms with Crippen molar-refractivity contribution in [2.24, 2.45) is 5.92 Å². The number of halogens is 1. The Labute approximate surface area is 213 Å². The van der Waals surface area contributed by atoms with Crippen molar-refractivity contribution < 1.29 is 19.0 Å². The predicted molar refractivity (Wildman–Crippen MR) is 140 cm³/mol. The molecule has 0 aromatic heterocycles. The Morgan fingerprint density at radius 2 is 1.80 bits per heavy atom. The van der Waals surface area contributed by atoms with Crippen LogP contribution in [0.4, 0.5) is 11.4 Å². The molecular formula is C26H24ClN3O4S. The van der Waals surface area contributed by atoms with Gasteiger partial charge in [-0.2, -0.15) is 0 Å². The van der Waals surface area contributed by atoms with Crippen molar-refractivity contribution in [1.29, 1.82) is 0 Å². The molecule has 9 heteroatoms. The maximum atomic E-state index is 13.9. The van der Waals surface area contributed by atoms with Crippen molar-refractivity contribution in [2.75, 3.05) is 24.4 Å². The van der Waals surface area contributed by atoms with Crippen LogP contribution in [-0.2, 0) is 4.79 Å². The van der Waals surface area contributed by atoms with Crippen LogP contribution < -0.4 is 29.7 Å². The Bertz CT molecular complexity index is 1300. The van der Waals surface area contributed by atoms with Crippen LogP contribution in [0.25, 0.3) is 0 Å². The second-order valence-electron chi connectivity index (χ2n) is 8.50. The van der Waals surface area contributed by atoms with Gasteiger partial charge in [0.2, 0.25) is 5.91 Å². The summed E-state index contributed by atoms with van der Waals surface area (Å²) in [4.78, 5) is 15.7. The number of amides is 1. The number of methoxy groups -OCH3 is 2. The summed E-state index contributed by atoms with van der Waals surface area (Å²) in [6.45, 7) is 1.87. The van der Waals surface area contributed by atoms with Crippen LogP contribution in [0.15, 0.2) is 66.7 Å². The normalized spacial score (nSPS) is 22.4. The molecule has 3 aromatic rings. The maximum absolute atomic E-state index is 13.9. The van der Waals surface area contributed by atoms with E-state index >= 15 is 0 Å². The Morgan fingerprint density at radius 3 is 2.49 bits per heavy atom. The molecule has 35 heavy (non-hydrogen) atoms. The molecule has 3 atom stereocenters. The highest BCUT2D eigenvalue weighted by Crippen LogP contribution is 2.50. The van der Waals surface area contributed by atoms with E-state index in [2.05, 4.69) is 10.6 Å². The van der Waals surface area contributed by atoms with E-state index in [1.54, 1.807) is 50.6 Å². The summed E-state index contributed by atoms with van der Waals surface area (Å²) < 4.78 is 17.3. The summed E-state index contributed by atoms with van der Waals surface area (Å²) in [5.41, 5.74) is 1.02. The molecule has 0 spiro atoms. The lowest BCUT2D eigenvalue weighted by Gasteiger charge is -2.56. The van der Waals surface area contributed by atoms with E-state index in [0.717, 1.165) is 11.3 Å². The molecule has 2 bridgehead atoms. The summed E-state index contributed by atoms with van der Waals surface area (Å²) in [6, 6.07) is 19.6. The van der Waals surface area contributed by atoms with Crippen molar-refractivity contribution in [3.05, 3.63) is 77.3 Å². The molecule has 1 amide bonds. The number of nitrogens with zero attached hydrogens (tertiary/aromatic N) is 1. The molecule has 7 nitrogen and oxygen atoms in total. The zero-order valence-electron chi connectivity index (χ0n) is 19.4. The first-order chi connectivity index (χ1) is 16.8. The number of carbonyl (C=O) groups excluding carboxylic acids is 1. The zero-order chi connectivity index (χ0) is 24.7. The fourth-order valence-electron chi connectivity index (χ4n) is 4.79. The quantitative estimate of drug-likeness (QED) is 0.460. The van der Waals surface area contributed by atoms with E-state index in [0.29, 0.717) is 33.1 Å². The van der Waals surface area contributed by atoms with Crippen LogP contribution in [0, 0.1) is 5.92 Å². The number of thiocarbonyl (C=S) groups is 1. The summed E-state index contributed by atoms with van der Waals surface area (Å²) in [5.74, 6) is 1.10. The van der Waals surface area contributed by atoms with Crippen LogP contribution in [0.1, 0.15) is 18.5 Å². The van der Waals surface area contributed by atoms with E-state index in [1.807, 2.05) is 42.2 Å². The smallest absolute Gasteiger partial charge is 0.236 e. The lowest BCUT2D eigenvalue weighted by atomic mass is 9.78. The SMILES string of the molecule is COc1ccc(NC(=O)[C@@H]2[C@H]3NC(=S)N(c4cccc(Cl)c4)[C@@]2(C)Oc2ccc(OC)cc23)cc1. The topological polar surface area (TPSA) is 72.1 Å².